The number of carbonyl (C=O) groups excluding carboxylic acids is 1. The van der Waals surface area contributed by atoms with Gasteiger partial charge in [0, 0.05) is 17.8 Å². The molecule has 0 bridgehead atoms. The average Bonchev–Trinajstić information content (AvgIpc) is 2.90. The number of hydrogen-bond acceptors (Lipinski definition) is 4. The lowest BCUT2D eigenvalue weighted by atomic mass is 10.2. The van der Waals surface area contributed by atoms with Gasteiger partial charge in [0.05, 0.1) is 16.7 Å². The van der Waals surface area contributed by atoms with Crippen molar-refractivity contribution in [1.29, 1.82) is 0 Å². The average molecular weight is 253 g/mol. The molecule has 94 valence electrons. The van der Waals surface area contributed by atoms with Crippen molar-refractivity contribution in [2.75, 3.05) is 13.1 Å². The van der Waals surface area contributed by atoms with Crippen molar-refractivity contribution in [2.45, 2.75) is 39.2 Å². The van der Waals surface area contributed by atoms with Gasteiger partial charge in [0.15, 0.2) is 0 Å². The number of carbonyl (C=O) groups is 1. The molecular formula is C12H19N3OS. The molecule has 2 N–H and O–H groups in total. The number of aryl methyl sites for hydroxylation is 2. The minimum Gasteiger partial charge on any atom is -0.354 e. The molecule has 1 aliphatic rings. The number of rotatable bonds is 4. The zero-order valence-corrected chi connectivity index (χ0v) is 11.2. The number of nitrogens with one attached hydrogen (secondary N) is 2. The third kappa shape index (κ3) is 3.26. The third-order valence-electron chi connectivity index (χ3n) is 3.09. The maximum absolute atomic E-state index is 11.7. The minimum absolute atomic E-state index is 0.0229. The van der Waals surface area contributed by atoms with Crippen LogP contribution in [0.15, 0.2) is 0 Å². The maximum atomic E-state index is 11.7. The second kappa shape index (κ2) is 5.60. The van der Waals surface area contributed by atoms with Crippen molar-refractivity contribution < 1.29 is 4.79 Å². The number of nitrogens with zero attached hydrogens (tertiary/aromatic N) is 1. The van der Waals surface area contributed by atoms with Crippen LogP contribution in [0.25, 0.3) is 0 Å². The summed E-state index contributed by atoms with van der Waals surface area (Å²) in [6, 6.07) is 0.0229. The van der Waals surface area contributed by atoms with Crippen LogP contribution in [-0.2, 0) is 11.2 Å². The zero-order chi connectivity index (χ0) is 12.3. The molecule has 0 spiro atoms. The van der Waals surface area contributed by atoms with Crippen molar-refractivity contribution >= 4 is 17.2 Å². The van der Waals surface area contributed by atoms with Crippen LogP contribution in [0, 0.1) is 13.8 Å². The van der Waals surface area contributed by atoms with Crippen LogP contribution in [0.3, 0.4) is 0 Å². The van der Waals surface area contributed by atoms with Gasteiger partial charge in [0.25, 0.3) is 0 Å². The van der Waals surface area contributed by atoms with Crippen molar-refractivity contribution in [3.05, 3.63) is 15.6 Å². The summed E-state index contributed by atoms with van der Waals surface area (Å²) in [4.78, 5) is 17.4. The quantitative estimate of drug-likeness (QED) is 0.847. The Morgan fingerprint density at radius 3 is 3.00 bits per heavy atom. The predicted octanol–water partition coefficient (Wildman–Crippen LogP) is 1.17. The van der Waals surface area contributed by atoms with Gasteiger partial charge < -0.3 is 10.6 Å². The van der Waals surface area contributed by atoms with E-state index in [1.165, 1.54) is 4.88 Å². The maximum Gasteiger partial charge on any atom is 0.237 e. The molecule has 1 amide bonds. The predicted molar refractivity (Wildman–Crippen MR) is 69.3 cm³/mol. The van der Waals surface area contributed by atoms with Crippen molar-refractivity contribution in [3.8, 4) is 0 Å². The molecule has 1 aromatic heterocycles. The highest BCUT2D eigenvalue weighted by Crippen LogP contribution is 2.16. The van der Waals surface area contributed by atoms with E-state index in [1.807, 2.05) is 6.92 Å². The largest absolute Gasteiger partial charge is 0.354 e. The van der Waals surface area contributed by atoms with Crippen molar-refractivity contribution in [2.24, 2.45) is 0 Å². The summed E-state index contributed by atoms with van der Waals surface area (Å²) < 4.78 is 0. The normalized spacial score (nSPS) is 19.5. The summed E-state index contributed by atoms with van der Waals surface area (Å²) >= 11 is 1.72. The van der Waals surface area contributed by atoms with Gasteiger partial charge in [-0.15, -0.1) is 11.3 Å². The molecule has 0 aliphatic carbocycles. The van der Waals surface area contributed by atoms with Crippen molar-refractivity contribution in [1.82, 2.24) is 15.6 Å². The lowest BCUT2D eigenvalue weighted by Crippen LogP contribution is -2.41. The first kappa shape index (κ1) is 12.5. The monoisotopic (exact) mass is 253 g/mol. The van der Waals surface area contributed by atoms with Crippen LogP contribution in [0.1, 0.15) is 28.4 Å². The Morgan fingerprint density at radius 1 is 1.59 bits per heavy atom. The molecule has 1 saturated heterocycles. The van der Waals surface area contributed by atoms with Crippen LogP contribution in [0.2, 0.25) is 0 Å². The molecule has 2 rings (SSSR count). The van der Waals surface area contributed by atoms with Gasteiger partial charge in [-0.2, -0.15) is 0 Å². The Morgan fingerprint density at radius 2 is 2.41 bits per heavy atom. The van der Waals surface area contributed by atoms with Crippen LogP contribution in [0.5, 0.6) is 0 Å². The van der Waals surface area contributed by atoms with Gasteiger partial charge in [-0.3, -0.25) is 4.79 Å². The molecule has 17 heavy (non-hydrogen) atoms. The Hall–Kier alpha value is -0.940. The zero-order valence-electron chi connectivity index (χ0n) is 10.4. The second-order valence-electron chi connectivity index (χ2n) is 4.44. The van der Waals surface area contributed by atoms with E-state index in [0.717, 1.165) is 36.5 Å². The molecule has 0 radical (unpaired) electrons. The molecule has 1 aliphatic heterocycles. The highest BCUT2D eigenvalue weighted by atomic mass is 32.1. The summed E-state index contributed by atoms with van der Waals surface area (Å²) in [6.07, 6.45) is 2.89. The Balaban J connectivity index is 1.73. The molecule has 4 nitrogen and oxygen atoms in total. The number of aromatic nitrogens is 1. The lowest BCUT2D eigenvalue weighted by molar-refractivity contribution is -0.122. The number of thiazole rings is 1. The molecule has 0 saturated carbocycles. The highest BCUT2D eigenvalue weighted by molar-refractivity contribution is 7.11. The molecule has 1 unspecified atom stereocenters. The molecule has 1 fully saturated rings. The number of amides is 1. The molecule has 5 heteroatoms. The van der Waals surface area contributed by atoms with Crippen molar-refractivity contribution in [3.63, 3.8) is 0 Å². The fourth-order valence-corrected chi connectivity index (χ4v) is 2.90. The van der Waals surface area contributed by atoms with Gasteiger partial charge >= 0.3 is 0 Å². The van der Waals surface area contributed by atoms with Gasteiger partial charge in [-0.1, -0.05) is 0 Å². The van der Waals surface area contributed by atoms with E-state index in [0.29, 0.717) is 6.54 Å². The molecule has 2 heterocycles. The first-order valence-corrected chi connectivity index (χ1v) is 6.92. The lowest BCUT2D eigenvalue weighted by Gasteiger charge is -2.10. The van der Waals surface area contributed by atoms with E-state index < -0.39 is 0 Å². The van der Waals surface area contributed by atoms with Gasteiger partial charge in [-0.05, 0) is 33.2 Å². The summed E-state index contributed by atoms with van der Waals surface area (Å²) in [6.45, 7) is 5.75. The SMILES string of the molecule is Cc1nc(CCNC(=O)C2CCCN2)sc1C. The standard InChI is InChI=1S/C12H19N3OS/c1-8-9(2)17-11(15-8)5-7-14-12(16)10-4-3-6-13-10/h10,13H,3-7H2,1-2H3,(H,14,16). The summed E-state index contributed by atoms with van der Waals surface area (Å²) in [5.74, 6) is 0.132. The molecule has 1 aromatic rings. The van der Waals surface area contributed by atoms with Crippen LogP contribution < -0.4 is 10.6 Å². The third-order valence-corrected chi connectivity index (χ3v) is 4.22. The van der Waals surface area contributed by atoms with E-state index in [-0.39, 0.29) is 11.9 Å². The fourth-order valence-electron chi connectivity index (χ4n) is 1.97. The fraction of sp³-hybridized carbons (Fsp3) is 0.667. The summed E-state index contributed by atoms with van der Waals surface area (Å²) in [7, 11) is 0. The van der Waals surface area contributed by atoms with E-state index in [2.05, 4.69) is 22.5 Å². The van der Waals surface area contributed by atoms with Gasteiger partial charge in [0.2, 0.25) is 5.91 Å². The van der Waals surface area contributed by atoms with Gasteiger partial charge in [-0.25, -0.2) is 4.98 Å². The van der Waals surface area contributed by atoms with E-state index in [9.17, 15) is 4.79 Å². The van der Waals surface area contributed by atoms with Crippen LogP contribution in [-0.4, -0.2) is 30.0 Å². The highest BCUT2D eigenvalue weighted by Gasteiger charge is 2.21. The second-order valence-corrected chi connectivity index (χ2v) is 5.73. The smallest absolute Gasteiger partial charge is 0.237 e. The first-order chi connectivity index (χ1) is 8.16. The Bertz CT molecular complexity index is 377. The Kier molecular flexibility index (Phi) is 4.12. The van der Waals surface area contributed by atoms with E-state index in [1.54, 1.807) is 11.3 Å². The molecular weight excluding hydrogens is 234 g/mol. The van der Waals surface area contributed by atoms with Crippen LogP contribution in [0.4, 0.5) is 0 Å². The molecule has 1 atom stereocenters. The first-order valence-electron chi connectivity index (χ1n) is 6.11. The summed E-state index contributed by atoms with van der Waals surface area (Å²) in [5, 5.41) is 7.27. The number of hydrogen-bond donors (Lipinski definition) is 2. The van der Waals surface area contributed by atoms with E-state index >= 15 is 0 Å². The minimum atomic E-state index is 0.0229. The topological polar surface area (TPSA) is 54.0 Å². The molecule has 0 aromatic carbocycles. The Labute approximate surface area is 106 Å². The summed E-state index contributed by atoms with van der Waals surface area (Å²) in [5.41, 5.74) is 1.11. The van der Waals surface area contributed by atoms with E-state index in [4.69, 9.17) is 0 Å². The van der Waals surface area contributed by atoms with Crippen LogP contribution >= 0.6 is 11.3 Å². The van der Waals surface area contributed by atoms with Gasteiger partial charge in [0.1, 0.15) is 0 Å².